The average Bonchev–Trinajstić information content (AvgIpc) is 3.31. The Hall–Kier alpha value is -3.08. The number of ketones is 2. The smallest absolute Gasteiger partial charge is 0.329 e. The van der Waals surface area contributed by atoms with E-state index in [0.29, 0.717) is 31.4 Å². The van der Waals surface area contributed by atoms with E-state index in [0.717, 1.165) is 5.56 Å². The summed E-state index contributed by atoms with van der Waals surface area (Å²) in [6, 6.07) is 1.84. The van der Waals surface area contributed by atoms with Crippen molar-refractivity contribution in [3.8, 4) is 11.8 Å². The van der Waals surface area contributed by atoms with Crippen molar-refractivity contribution in [3.63, 3.8) is 0 Å². The van der Waals surface area contributed by atoms with Crippen LogP contribution in [-0.4, -0.2) is 48.4 Å². The summed E-state index contributed by atoms with van der Waals surface area (Å²) in [5.41, 5.74) is -0.666. The molecule has 8 nitrogen and oxygen atoms in total. The number of esters is 2. The number of rotatable bonds is 5. The van der Waals surface area contributed by atoms with Gasteiger partial charge in [0.2, 0.25) is 0 Å². The molecule has 4 rings (SSSR count). The molecule has 0 bridgehead atoms. The topological polar surface area (TPSA) is 112 Å². The number of Topliss-reactive ketones (excluding diaryl/α,β-unsaturated/α-hetero) is 2. The lowest BCUT2D eigenvalue weighted by atomic mass is 9.41. The lowest BCUT2D eigenvalue weighted by Gasteiger charge is -2.61. The monoisotopic (exact) mass is 525 g/mol. The Kier molecular flexibility index (Phi) is 7.55. The minimum absolute atomic E-state index is 0.0294. The lowest BCUT2D eigenvalue weighted by molar-refractivity contribution is -0.193. The van der Waals surface area contributed by atoms with Gasteiger partial charge in [0.1, 0.15) is 12.3 Å². The van der Waals surface area contributed by atoms with E-state index in [-0.39, 0.29) is 36.4 Å². The zero-order valence-corrected chi connectivity index (χ0v) is 22.3. The van der Waals surface area contributed by atoms with Gasteiger partial charge in [-0.05, 0) is 67.1 Å². The van der Waals surface area contributed by atoms with E-state index in [1.807, 2.05) is 19.9 Å². The van der Waals surface area contributed by atoms with Gasteiger partial charge in [0.05, 0.1) is 24.5 Å². The van der Waals surface area contributed by atoms with Crippen molar-refractivity contribution in [2.45, 2.75) is 64.9 Å². The van der Waals surface area contributed by atoms with E-state index in [9.17, 15) is 19.2 Å². The fourth-order valence-electron chi connectivity index (χ4n) is 7.45. The van der Waals surface area contributed by atoms with Crippen LogP contribution in [0.4, 0.5) is 0 Å². The van der Waals surface area contributed by atoms with Gasteiger partial charge in [-0.2, -0.15) is 0 Å². The highest BCUT2D eigenvalue weighted by atomic mass is 32.1. The van der Waals surface area contributed by atoms with Gasteiger partial charge in [-0.1, -0.05) is 19.8 Å². The zero-order chi connectivity index (χ0) is 27.0. The predicted molar refractivity (Wildman–Crippen MR) is 136 cm³/mol. The summed E-state index contributed by atoms with van der Waals surface area (Å²) in [7, 11) is 1.31. The summed E-state index contributed by atoms with van der Waals surface area (Å²) in [5, 5.41) is 2.11. The predicted octanol–water partition coefficient (Wildman–Crippen LogP) is 3.91. The van der Waals surface area contributed by atoms with Crippen LogP contribution in [0.1, 0.15) is 70.1 Å². The normalized spacial score (nSPS) is 34.6. The summed E-state index contributed by atoms with van der Waals surface area (Å²) < 4.78 is 16.2. The van der Waals surface area contributed by atoms with Crippen molar-refractivity contribution in [1.82, 2.24) is 0 Å². The van der Waals surface area contributed by atoms with Crippen LogP contribution in [0.15, 0.2) is 21.7 Å². The second-order valence-electron chi connectivity index (χ2n) is 10.8. The Balaban J connectivity index is 1.77. The number of carbonyl (C=O) groups excluding carboxylic acids is 4. The van der Waals surface area contributed by atoms with Gasteiger partial charge < -0.3 is 13.9 Å². The molecule has 0 aromatic carbocycles. The molecule has 1 heterocycles. The van der Waals surface area contributed by atoms with Gasteiger partial charge in [0, 0.05) is 30.2 Å². The average molecular weight is 526 g/mol. The molecule has 1 aromatic heterocycles. The molecule has 0 aliphatic heterocycles. The molecule has 37 heavy (non-hydrogen) atoms. The Morgan fingerprint density at radius 2 is 2.03 bits per heavy atom. The number of isothiocyanates is 1. The SMILES string of the molecule is CC#Cc1occc1[C@H]1CC(=O)[C@@H]2CC[C@]3(C)[C@H](C(=O)[C@@H](OC(=O)CN=C=S)C[C@H]3C(=O)OC)[C@@]2(C)C1. The van der Waals surface area contributed by atoms with Crippen LogP contribution < -0.4 is 0 Å². The maximum Gasteiger partial charge on any atom is 0.329 e. The number of thiocarbonyl (C=S) groups is 1. The molecule has 0 amide bonds. The van der Waals surface area contributed by atoms with E-state index in [1.165, 1.54) is 7.11 Å². The largest absolute Gasteiger partial charge is 0.469 e. The fraction of sp³-hybridized carbons (Fsp3) is 0.607. The maximum absolute atomic E-state index is 14.1. The standard InChI is InChI=1S/C28H31NO7S/c1-5-6-21-17(8-10-35-21)16-11-20(30)18-7-9-27(2)19(26(33)34-4)12-22(36-23(31)14-29-15-37)24(32)25(27)28(18,3)13-16/h8,10,16,18-19,22,25H,7,9,11-14H2,1-4H3/t16-,18-,19-,22-,25-,27-,28-/m0/s1. The third-order valence-corrected chi connectivity index (χ3v) is 8.99. The number of fused-ring (bicyclic) bond motifs is 3. The van der Waals surface area contributed by atoms with E-state index in [4.69, 9.17) is 13.9 Å². The summed E-state index contributed by atoms with van der Waals surface area (Å²) in [4.78, 5) is 56.7. The molecule has 0 N–H and O–H groups in total. The molecule has 0 radical (unpaired) electrons. The first kappa shape index (κ1) is 27.0. The fourth-order valence-corrected chi connectivity index (χ4v) is 7.52. The van der Waals surface area contributed by atoms with E-state index < -0.39 is 40.7 Å². The third kappa shape index (κ3) is 4.58. The number of nitrogens with zero attached hydrogens (tertiary/aromatic N) is 1. The molecule has 0 unspecified atom stereocenters. The quantitative estimate of drug-likeness (QED) is 0.246. The highest BCUT2D eigenvalue weighted by molar-refractivity contribution is 7.78. The number of carbonyl (C=O) groups is 4. The first-order chi connectivity index (χ1) is 17.6. The van der Waals surface area contributed by atoms with Crippen molar-refractivity contribution >= 4 is 40.9 Å². The Labute approximate surface area is 221 Å². The molecule has 9 heteroatoms. The first-order valence-electron chi connectivity index (χ1n) is 12.5. The summed E-state index contributed by atoms with van der Waals surface area (Å²) in [6.07, 6.45) is 2.43. The number of aliphatic imine (C=N–C) groups is 1. The molecule has 0 spiro atoms. The van der Waals surface area contributed by atoms with Gasteiger partial charge in [-0.25, -0.2) is 9.79 Å². The van der Waals surface area contributed by atoms with Gasteiger partial charge in [0.25, 0.3) is 0 Å². The molecule has 3 saturated carbocycles. The number of hydrogen-bond acceptors (Lipinski definition) is 9. The molecular formula is C28H31NO7S. The number of furan rings is 1. The molecule has 3 aliphatic carbocycles. The molecule has 3 aliphatic rings. The third-order valence-electron chi connectivity index (χ3n) is 8.86. The summed E-state index contributed by atoms with van der Waals surface area (Å²) in [6.45, 7) is 5.27. The van der Waals surface area contributed by atoms with Gasteiger partial charge in [0.15, 0.2) is 17.6 Å². The highest BCUT2D eigenvalue weighted by Gasteiger charge is 2.67. The minimum Gasteiger partial charge on any atom is -0.469 e. The zero-order valence-electron chi connectivity index (χ0n) is 21.5. The van der Waals surface area contributed by atoms with Crippen molar-refractivity contribution in [1.29, 1.82) is 0 Å². The number of methoxy groups -OCH3 is 1. The number of ether oxygens (including phenoxy) is 2. The van der Waals surface area contributed by atoms with E-state index in [2.05, 4.69) is 34.2 Å². The molecule has 3 fully saturated rings. The van der Waals surface area contributed by atoms with Gasteiger partial charge in [-0.15, -0.1) is 0 Å². The van der Waals surface area contributed by atoms with Crippen molar-refractivity contribution < 1.29 is 33.1 Å². The van der Waals surface area contributed by atoms with Crippen LogP contribution in [0.3, 0.4) is 0 Å². The van der Waals surface area contributed by atoms with Gasteiger partial charge in [-0.3, -0.25) is 14.4 Å². The van der Waals surface area contributed by atoms with Crippen molar-refractivity contribution in [2.24, 2.45) is 33.6 Å². The van der Waals surface area contributed by atoms with Crippen LogP contribution in [0.25, 0.3) is 0 Å². The molecule has 1 aromatic rings. The Morgan fingerprint density at radius 3 is 2.70 bits per heavy atom. The molecule has 7 atom stereocenters. The van der Waals surface area contributed by atoms with Crippen molar-refractivity contribution in [2.75, 3.05) is 13.7 Å². The maximum atomic E-state index is 14.1. The van der Waals surface area contributed by atoms with Crippen LogP contribution in [0.2, 0.25) is 0 Å². The molecule has 196 valence electrons. The second-order valence-corrected chi connectivity index (χ2v) is 11.0. The van der Waals surface area contributed by atoms with Crippen molar-refractivity contribution in [3.05, 3.63) is 23.7 Å². The highest BCUT2D eigenvalue weighted by Crippen LogP contribution is 2.65. The van der Waals surface area contributed by atoms with Crippen LogP contribution in [-0.2, 0) is 28.7 Å². The first-order valence-corrected chi connectivity index (χ1v) is 12.9. The number of hydrogen-bond donors (Lipinski definition) is 0. The Morgan fingerprint density at radius 1 is 1.27 bits per heavy atom. The van der Waals surface area contributed by atoms with Crippen LogP contribution in [0, 0.1) is 40.4 Å². The van der Waals surface area contributed by atoms with Gasteiger partial charge >= 0.3 is 11.9 Å². The molecular weight excluding hydrogens is 494 g/mol. The second kappa shape index (κ2) is 10.4. The Bertz CT molecular complexity index is 1230. The van der Waals surface area contributed by atoms with Crippen LogP contribution >= 0.6 is 12.2 Å². The van der Waals surface area contributed by atoms with E-state index in [1.54, 1.807) is 13.2 Å². The lowest BCUT2D eigenvalue weighted by Crippen LogP contribution is -2.64. The summed E-state index contributed by atoms with van der Waals surface area (Å²) in [5.74, 6) is 3.10. The summed E-state index contributed by atoms with van der Waals surface area (Å²) >= 11 is 4.52. The molecule has 0 saturated heterocycles. The van der Waals surface area contributed by atoms with Crippen LogP contribution in [0.5, 0.6) is 0 Å². The minimum atomic E-state index is -1.14. The van der Waals surface area contributed by atoms with E-state index >= 15 is 0 Å².